The Labute approximate surface area is 151 Å². The maximum Gasteiger partial charge on any atom is 0.324 e. The second kappa shape index (κ2) is 5.53. The van der Waals surface area contributed by atoms with Crippen molar-refractivity contribution >= 4 is 23.5 Å². The summed E-state index contributed by atoms with van der Waals surface area (Å²) in [6, 6.07) is 14.2. The molecule has 2 aromatic rings. The van der Waals surface area contributed by atoms with E-state index in [1.54, 1.807) is 38.1 Å². The smallest absolute Gasteiger partial charge is 0.324 e. The van der Waals surface area contributed by atoms with Gasteiger partial charge in [-0.2, -0.15) is 0 Å². The highest BCUT2D eigenvalue weighted by Gasteiger charge is 2.59. The standard InChI is InChI=1S/C21H19NO4/c1-12-8-10-13(11-9-12)22-18(23)16-17(21(2,3)20(22)25)14-6-4-5-7-15(14)26-19(16)24/h4-11,16-17H,1-3H3/t16-,17+/m1/s1. The van der Waals surface area contributed by atoms with E-state index in [9.17, 15) is 14.4 Å². The number of carbonyl (C=O) groups excluding carboxylic acids is 3. The highest BCUT2D eigenvalue weighted by Crippen LogP contribution is 2.52. The summed E-state index contributed by atoms with van der Waals surface area (Å²) in [5.74, 6) is -2.58. The lowest BCUT2D eigenvalue weighted by Crippen LogP contribution is -2.61. The Morgan fingerprint density at radius 2 is 1.62 bits per heavy atom. The molecule has 0 unspecified atom stereocenters. The Bertz CT molecular complexity index is 929. The fourth-order valence-electron chi connectivity index (χ4n) is 3.97. The van der Waals surface area contributed by atoms with E-state index in [2.05, 4.69) is 0 Å². The first kappa shape index (κ1) is 16.5. The molecule has 0 spiro atoms. The van der Waals surface area contributed by atoms with E-state index < -0.39 is 29.1 Å². The number of anilines is 1. The zero-order valence-electron chi connectivity index (χ0n) is 14.9. The van der Waals surface area contributed by atoms with Crippen LogP contribution in [-0.2, 0) is 14.4 Å². The largest absolute Gasteiger partial charge is 0.426 e. The molecule has 0 aliphatic carbocycles. The Kier molecular flexibility index (Phi) is 3.51. The van der Waals surface area contributed by atoms with Gasteiger partial charge in [0.05, 0.1) is 11.1 Å². The monoisotopic (exact) mass is 349 g/mol. The van der Waals surface area contributed by atoms with E-state index in [4.69, 9.17) is 4.74 Å². The molecule has 2 aliphatic rings. The summed E-state index contributed by atoms with van der Waals surface area (Å²) < 4.78 is 5.41. The van der Waals surface area contributed by atoms with Crippen LogP contribution in [0.25, 0.3) is 0 Å². The number of para-hydroxylation sites is 1. The summed E-state index contributed by atoms with van der Waals surface area (Å²) >= 11 is 0. The number of amides is 2. The minimum Gasteiger partial charge on any atom is -0.426 e. The van der Waals surface area contributed by atoms with Crippen LogP contribution in [0.1, 0.15) is 30.9 Å². The van der Waals surface area contributed by atoms with E-state index in [1.165, 1.54) is 0 Å². The molecule has 0 bridgehead atoms. The molecule has 1 fully saturated rings. The number of hydrogen-bond donors (Lipinski definition) is 0. The predicted octanol–water partition coefficient (Wildman–Crippen LogP) is 3.21. The summed E-state index contributed by atoms with van der Waals surface area (Å²) in [7, 11) is 0. The van der Waals surface area contributed by atoms with Crippen LogP contribution in [0.5, 0.6) is 5.75 Å². The second-order valence-corrected chi connectivity index (χ2v) is 7.45. The normalized spacial score (nSPS) is 24.0. The number of ether oxygens (including phenoxy) is 1. The molecule has 5 nitrogen and oxygen atoms in total. The molecule has 2 atom stereocenters. The lowest BCUT2D eigenvalue weighted by atomic mass is 9.63. The first-order valence-electron chi connectivity index (χ1n) is 8.58. The summed E-state index contributed by atoms with van der Waals surface area (Å²) in [5, 5.41) is 0. The fraction of sp³-hybridized carbons (Fsp3) is 0.286. The van der Waals surface area contributed by atoms with Crippen LogP contribution >= 0.6 is 0 Å². The fourth-order valence-corrected chi connectivity index (χ4v) is 3.97. The number of benzene rings is 2. The number of esters is 1. The van der Waals surface area contributed by atoms with Gasteiger partial charge in [0.15, 0.2) is 0 Å². The summed E-state index contributed by atoms with van der Waals surface area (Å²) in [6.45, 7) is 5.51. The molecule has 2 amide bonds. The topological polar surface area (TPSA) is 63.7 Å². The van der Waals surface area contributed by atoms with Crippen LogP contribution in [-0.4, -0.2) is 17.8 Å². The first-order chi connectivity index (χ1) is 12.3. The molecule has 0 N–H and O–H groups in total. The van der Waals surface area contributed by atoms with Crippen molar-refractivity contribution in [1.82, 2.24) is 0 Å². The average Bonchev–Trinajstić information content (AvgIpc) is 2.61. The lowest BCUT2D eigenvalue weighted by molar-refractivity contribution is -0.154. The third-order valence-corrected chi connectivity index (χ3v) is 5.36. The van der Waals surface area contributed by atoms with Gasteiger partial charge in [0.1, 0.15) is 11.7 Å². The van der Waals surface area contributed by atoms with E-state index in [-0.39, 0.29) is 5.91 Å². The highest BCUT2D eigenvalue weighted by atomic mass is 16.5. The maximum absolute atomic E-state index is 13.3. The molecular formula is C21H19NO4. The quantitative estimate of drug-likeness (QED) is 0.343. The molecule has 2 heterocycles. The summed E-state index contributed by atoms with van der Waals surface area (Å²) in [4.78, 5) is 40.2. The number of rotatable bonds is 1. The number of fused-ring (bicyclic) bond motifs is 3. The van der Waals surface area contributed by atoms with Crippen molar-refractivity contribution in [3.63, 3.8) is 0 Å². The molecule has 2 aromatic carbocycles. The molecule has 0 saturated carbocycles. The van der Waals surface area contributed by atoms with Gasteiger partial charge in [0, 0.05) is 11.5 Å². The van der Waals surface area contributed by atoms with Crippen molar-refractivity contribution in [3.05, 3.63) is 59.7 Å². The number of piperidine rings is 1. The van der Waals surface area contributed by atoms with E-state index in [1.807, 2.05) is 31.2 Å². The van der Waals surface area contributed by atoms with Gasteiger partial charge in [0.2, 0.25) is 11.8 Å². The molecule has 132 valence electrons. The number of carbonyl (C=O) groups is 3. The van der Waals surface area contributed by atoms with Crippen LogP contribution in [0.15, 0.2) is 48.5 Å². The van der Waals surface area contributed by atoms with E-state index in [0.717, 1.165) is 16.0 Å². The zero-order valence-corrected chi connectivity index (χ0v) is 14.9. The molecule has 5 heteroatoms. The first-order valence-corrected chi connectivity index (χ1v) is 8.58. The summed E-state index contributed by atoms with van der Waals surface area (Å²) in [6.07, 6.45) is 0. The Morgan fingerprint density at radius 1 is 0.962 bits per heavy atom. The zero-order chi connectivity index (χ0) is 18.6. The predicted molar refractivity (Wildman–Crippen MR) is 95.8 cm³/mol. The van der Waals surface area contributed by atoms with Crippen LogP contribution < -0.4 is 9.64 Å². The van der Waals surface area contributed by atoms with Gasteiger partial charge >= 0.3 is 5.97 Å². The molecule has 0 radical (unpaired) electrons. The van der Waals surface area contributed by atoms with Crippen molar-refractivity contribution in [2.24, 2.45) is 11.3 Å². The Hall–Kier alpha value is -2.95. The van der Waals surface area contributed by atoms with Gasteiger partial charge in [-0.3, -0.25) is 14.4 Å². The highest BCUT2D eigenvalue weighted by molar-refractivity contribution is 6.24. The third kappa shape index (κ3) is 2.20. The number of imide groups is 1. The van der Waals surface area contributed by atoms with Crippen molar-refractivity contribution in [3.8, 4) is 5.75 Å². The second-order valence-electron chi connectivity index (χ2n) is 7.45. The molecule has 4 rings (SSSR count). The van der Waals surface area contributed by atoms with Gasteiger partial charge in [-0.05, 0) is 25.1 Å². The molecule has 1 saturated heterocycles. The maximum atomic E-state index is 13.3. The van der Waals surface area contributed by atoms with Crippen LogP contribution in [0, 0.1) is 18.3 Å². The Morgan fingerprint density at radius 3 is 2.31 bits per heavy atom. The molecule has 0 aromatic heterocycles. The number of hydrogen-bond acceptors (Lipinski definition) is 4. The Balaban J connectivity index is 1.87. The molecular weight excluding hydrogens is 330 g/mol. The van der Waals surface area contributed by atoms with Gasteiger partial charge in [-0.25, -0.2) is 4.90 Å². The van der Waals surface area contributed by atoms with Crippen LogP contribution in [0.4, 0.5) is 5.69 Å². The minimum atomic E-state index is -1.03. The SMILES string of the molecule is Cc1ccc(N2C(=O)[C@@H]3C(=O)Oc4ccccc4[C@@H]3C(C)(C)C2=O)cc1. The van der Waals surface area contributed by atoms with Crippen molar-refractivity contribution < 1.29 is 19.1 Å². The van der Waals surface area contributed by atoms with Crippen molar-refractivity contribution in [2.75, 3.05) is 4.90 Å². The van der Waals surface area contributed by atoms with Crippen molar-refractivity contribution in [1.29, 1.82) is 0 Å². The number of aryl methyl sites for hydroxylation is 1. The van der Waals surface area contributed by atoms with Crippen molar-refractivity contribution in [2.45, 2.75) is 26.7 Å². The number of nitrogens with zero attached hydrogens (tertiary/aromatic N) is 1. The minimum absolute atomic E-state index is 0.308. The summed E-state index contributed by atoms with van der Waals surface area (Å²) in [5.41, 5.74) is 1.30. The third-order valence-electron chi connectivity index (χ3n) is 5.36. The van der Waals surface area contributed by atoms with Gasteiger partial charge in [-0.1, -0.05) is 49.7 Å². The lowest BCUT2D eigenvalue weighted by Gasteiger charge is -2.47. The van der Waals surface area contributed by atoms with Gasteiger partial charge in [0.25, 0.3) is 0 Å². The van der Waals surface area contributed by atoms with Gasteiger partial charge < -0.3 is 4.74 Å². The van der Waals surface area contributed by atoms with E-state index in [0.29, 0.717) is 11.4 Å². The van der Waals surface area contributed by atoms with Crippen LogP contribution in [0.3, 0.4) is 0 Å². The molecule has 2 aliphatic heterocycles. The van der Waals surface area contributed by atoms with Crippen LogP contribution in [0.2, 0.25) is 0 Å². The van der Waals surface area contributed by atoms with Gasteiger partial charge in [-0.15, -0.1) is 0 Å². The average molecular weight is 349 g/mol. The van der Waals surface area contributed by atoms with E-state index >= 15 is 0 Å². The molecule has 26 heavy (non-hydrogen) atoms.